The number of hydrogen-bond acceptors (Lipinski definition) is 1. The maximum absolute atomic E-state index is 12.9. The molecule has 0 saturated heterocycles. The van der Waals surface area contributed by atoms with Crippen LogP contribution in [0.25, 0.3) is 0 Å². The molecular formula is C10H10BrClFNO. The molecule has 1 rings (SSSR count). The van der Waals surface area contributed by atoms with Crippen molar-refractivity contribution in [2.24, 2.45) is 5.92 Å². The van der Waals surface area contributed by atoms with Crippen molar-refractivity contribution in [3.8, 4) is 0 Å². The van der Waals surface area contributed by atoms with E-state index in [1.807, 2.05) is 0 Å². The first-order chi connectivity index (χ1) is 6.91. The van der Waals surface area contributed by atoms with E-state index >= 15 is 0 Å². The molecule has 0 fully saturated rings. The van der Waals surface area contributed by atoms with E-state index in [0.29, 0.717) is 10.2 Å². The van der Waals surface area contributed by atoms with Crippen LogP contribution in [0.15, 0.2) is 16.6 Å². The van der Waals surface area contributed by atoms with E-state index in [9.17, 15) is 9.18 Å². The molecule has 5 heteroatoms. The van der Waals surface area contributed by atoms with E-state index in [1.165, 1.54) is 6.07 Å². The molecule has 2 nitrogen and oxygen atoms in total. The molecule has 0 aliphatic heterocycles. The Bertz CT molecular complexity index is 372. The van der Waals surface area contributed by atoms with Gasteiger partial charge in [-0.25, -0.2) is 4.39 Å². The van der Waals surface area contributed by atoms with Crippen molar-refractivity contribution in [1.82, 2.24) is 0 Å². The number of carbonyl (C=O) groups is 1. The van der Waals surface area contributed by atoms with Crippen LogP contribution in [0, 0.1) is 11.7 Å². The lowest BCUT2D eigenvalue weighted by Gasteiger charge is -2.11. The molecule has 0 bridgehead atoms. The predicted octanol–water partition coefficient (Wildman–Crippen LogP) is 3.84. The molecule has 1 N–H and O–H groups in total. The smallest absolute Gasteiger partial charge is 0.226 e. The second-order valence-corrected chi connectivity index (χ2v) is 4.65. The highest BCUT2D eigenvalue weighted by Gasteiger charge is 2.13. The van der Waals surface area contributed by atoms with Gasteiger partial charge >= 0.3 is 0 Å². The number of nitrogens with one attached hydrogen (secondary N) is 1. The fourth-order valence-electron chi connectivity index (χ4n) is 0.929. The fraction of sp³-hybridized carbons (Fsp3) is 0.300. The Hall–Kier alpha value is -0.610. The van der Waals surface area contributed by atoms with Crippen molar-refractivity contribution in [3.63, 3.8) is 0 Å². The van der Waals surface area contributed by atoms with Crippen LogP contribution in [0.2, 0.25) is 5.02 Å². The molecule has 1 aromatic rings. The highest BCUT2D eigenvalue weighted by atomic mass is 79.9. The van der Waals surface area contributed by atoms with Gasteiger partial charge in [0, 0.05) is 10.4 Å². The van der Waals surface area contributed by atoms with E-state index in [1.54, 1.807) is 13.8 Å². The number of rotatable bonds is 2. The third-order valence-corrected chi connectivity index (χ3v) is 2.70. The maximum Gasteiger partial charge on any atom is 0.226 e. The Labute approximate surface area is 101 Å². The summed E-state index contributed by atoms with van der Waals surface area (Å²) in [5.41, 5.74) is 0.400. The monoisotopic (exact) mass is 293 g/mol. The fourth-order valence-corrected chi connectivity index (χ4v) is 1.83. The molecule has 15 heavy (non-hydrogen) atoms. The Morgan fingerprint density at radius 3 is 2.60 bits per heavy atom. The molecule has 0 radical (unpaired) electrons. The molecule has 0 aliphatic carbocycles. The van der Waals surface area contributed by atoms with Crippen LogP contribution < -0.4 is 5.32 Å². The third-order valence-electron chi connectivity index (χ3n) is 1.78. The van der Waals surface area contributed by atoms with Crippen molar-refractivity contribution in [2.75, 3.05) is 5.32 Å². The molecule has 0 aromatic heterocycles. The topological polar surface area (TPSA) is 29.1 Å². The summed E-state index contributed by atoms with van der Waals surface area (Å²) >= 11 is 8.94. The van der Waals surface area contributed by atoms with Gasteiger partial charge in [0.25, 0.3) is 0 Å². The predicted molar refractivity (Wildman–Crippen MR) is 62.6 cm³/mol. The highest BCUT2D eigenvalue weighted by Crippen LogP contribution is 2.31. The quantitative estimate of drug-likeness (QED) is 0.882. The molecule has 0 spiro atoms. The molecule has 82 valence electrons. The minimum atomic E-state index is -0.450. The Morgan fingerprint density at radius 1 is 1.53 bits per heavy atom. The van der Waals surface area contributed by atoms with Crippen molar-refractivity contribution < 1.29 is 9.18 Å². The van der Waals surface area contributed by atoms with Gasteiger partial charge in [-0.05, 0) is 28.1 Å². The van der Waals surface area contributed by atoms with Gasteiger partial charge in [0.1, 0.15) is 5.82 Å². The summed E-state index contributed by atoms with van der Waals surface area (Å²) in [6.07, 6.45) is 0. The maximum atomic E-state index is 12.9. The Balaban J connectivity index is 3.00. The zero-order valence-corrected chi connectivity index (χ0v) is 10.6. The number of carbonyl (C=O) groups excluding carboxylic acids is 1. The Morgan fingerprint density at radius 2 is 2.13 bits per heavy atom. The lowest BCUT2D eigenvalue weighted by atomic mass is 10.2. The Kier molecular flexibility index (Phi) is 4.11. The number of anilines is 1. The summed E-state index contributed by atoms with van der Waals surface area (Å²) in [6.45, 7) is 3.53. The van der Waals surface area contributed by atoms with E-state index in [0.717, 1.165) is 6.07 Å². The average molecular weight is 295 g/mol. The van der Waals surface area contributed by atoms with Crippen LogP contribution >= 0.6 is 27.5 Å². The molecule has 0 saturated carbocycles. The largest absolute Gasteiger partial charge is 0.324 e. The summed E-state index contributed by atoms with van der Waals surface area (Å²) in [6, 6.07) is 2.41. The van der Waals surface area contributed by atoms with Gasteiger partial charge in [0.2, 0.25) is 5.91 Å². The average Bonchev–Trinajstić information content (AvgIpc) is 2.10. The first kappa shape index (κ1) is 12.5. The van der Waals surface area contributed by atoms with Crippen molar-refractivity contribution in [3.05, 3.63) is 27.4 Å². The zero-order chi connectivity index (χ0) is 11.6. The van der Waals surface area contributed by atoms with Crippen LogP contribution in [-0.4, -0.2) is 5.91 Å². The van der Waals surface area contributed by atoms with Gasteiger partial charge in [-0.3, -0.25) is 4.79 Å². The minimum Gasteiger partial charge on any atom is -0.324 e. The van der Waals surface area contributed by atoms with E-state index in [4.69, 9.17) is 11.6 Å². The van der Waals surface area contributed by atoms with Crippen molar-refractivity contribution in [2.45, 2.75) is 13.8 Å². The molecule has 0 heterocycles. The second kappa shape index (κ2) is 4.94. The van der Waals surface area contributed by atoms with Gasteiger partial charge in [-0.1, -0.05) is 25.4 Å². The first-order valence-corrected chi connectivity index (χ1v) is 5.54. The summed E-state index contributed by atoms with van der Waals surface area (Å²) in [5.74, 6) is -0.767. The van der Waals surface area contributed by atoms with Crippen LogP contribution in [-0.2, 0) is 4.79 Å². The molecule has 0 unspecified atom stereocenters. The van der Waals surface area contributed by atoms with Crippen molar-refractivity contribution >= 4 is 39.1 Å². The molecule has 0 aliphatic rings. The number of amides is 1. The van der Waals surface area contributed by atoms with Gasteiger partial charge in [0.15, 0.2) is 0 Å². The van der Waals surface area contributed by atoms with Crippen LogP contribution in [0.5, 0.6) is 0 Å². The standard InChI is InChI=1S/C10H10BrClFNO/c1-5(2)10(15)14-9-7(11)3-6(13)4-8(9)12/h3-5H,1-2H3,(H,14,15). The summed E-state index contributed by atoms with van der Waals surface area (Å²) < 4.78 is 13.3. The highest BCUT2D eigenvalue weighted by molar-refractivity contribution is 9.10. The SMILES string of the molecule is CC(C)C(=O)Nc1c(Cl)cc(F)cc1Br. The normalized spacial score (nSPS) is 10.5. The van der Waals surface area contributed by atoms with Crippen LogP contribution in [0.1, 0.15) is 13.8 Å². The van der Waals surface area contributed by atoms with E-state index in [2.05, 4.69) is 21.2 Å². The molecule has 1 aromatic carbocycles. The van der Waals surface area contributed by atoms with Crippen LogP contribution in [0.4, 0.5) is 10.1 Å². The zero-order valence-electron chi connectivity index (χ0n) is 8.27. The van der Waals surface area contributed by atoms with E-state index < -0.39 is 5.82 Å². The number of hydrogen-bond donors (Lipinski definition) is 1. The molecule has 0 atom stereocenters. The van der Waals surface area contributed by atoms with Gasteiger partial charge in [-0.2, -0.15) is 0 Å². The van der Waals surface area contributed by atoms with Crippen LogP contribution in [0.3, 0.4) is 0 Å². The first-order valence-electron chi connectivity index (χ1n) is 4.37. The molecule has 1 amide bonds. The summed E-state index contributed by atoms with van der Waals surface area (Å²) in [4.78, 5) is 11.4. The summed E-state index contributed by atoms with van der Waals surface area (Å²) in [7, 11) is 0. The van der Waals surface area contributed by atoms with Gasteiger partial charge < -0.3 is 5.32 Å². The third kappa shape index (κ3) is 3.18. The lowest BCUT2D eigenvalue weighted by molar-refractivity contribution is -0.118. The number of benzene rings is 1. The van der Waals surface area contributed by atoms with E-state index in [-0.39, 0.29) is 16.8 Å². The number of halogens is 3. The molecular weight excluding hydrogens is 284 g/mol. The van der Waals surface area contributed by atoms with Crippen molar-refractivity contribution in [1.29, 1.82) is 0 Å². The summed E-state index contributed by atoms with van der Waals surface area (Å²) in [5, 5.41) is 2.80. The van der Waals surface area contributed by atoms with Gasteiger partial charge in [0.05, 0.1) is 10.7 Å². The minimum absolute atomic E-state index is 0.155. The van der Waals surface area contributed by atoms with Gasteiger partial charge in [-0.15, -0.1) is 0 Å². The lowest BCUT2D eigenvalue weighted by Crippen LogP contribution is -2.18. The second-order valence-electron chi connectivity index (χ2n) is 3.39.